The van der Waals surface area contributed by atoms with Crippen LogP contribution in [0, 0.1) is 20.2 Å². The van der Waals surface area contributed by atoms with Gasteiger partial charge in [0.05, 0.1) is 21.5 Å². The van der Waals surface area contributed by atoms with Gasteiger partial charge in [-0.3, -0.25) is 20.2 Å². The molecule has 1 N–H and O–H groups in total. The topological polar surface area (TPSA) is 107 Å². The van der Waals surface area contributed by atoms with Crippen LogP contribution in [0.1, 0.15) is 115 Å². The van der Waals surface area contributed by atoms with Crippen molar-refractivity contribution in [1.29, 1.82) is 0 Å². The fourth-order valence-corrected chi connectivity index (χ4v) is 5.03. The standard InChI is InChI=1S/C30H44N2O5/c1-3-5-7-9-11-13-15-17-25-26(27-20-19-24(31(34)35)23-29(27)32(36)37)21-22-30(33)28(25)18-16-14-12-10-8-6-4-2/h19-23,33H,3-18H2,1-2H3. The number of hydrogen-bond acceptors (Lipinski definition) is 5. The minimum atomic E-state index is -0.612. The van der Waals surface area contributed by atoms with Gasteiger partial charge in [0.1, 0.15) is 5.75 Å². The van der Waals surface area contributed by atoms with Crippen LogP contribution in [-0.2, 0) is 12.8 Å². The second-order valence-corrected chi connectivity index (χ2v) is 10.0. The lowest BCUT2D eigenvalue weighted by Crippen LogP contribution is -2.02. The van der Waals surface area contributed by atoms with Crippen molar-refractivity contribution < 1.29 is 15.0 Å². The van der Waals surface area contributed by atoms with Crippen LogP contribution in [0.25, 0.3) is 11.1 Å². The maximum absolute atomic E-state index is 11.9. The molecule has 2 aromatic carbocycles. The molecular weight excluding hydrogens is 468 g/mol. The highest BCUT2D eigenvalue weighted by Crippen LogP contribution is 2.39. The summed E-state index contributed by atoms with van der Waals surface area (Å²) in [7, 11) is 0. The molecule has 204 valence electrons. The van der Waals surface area contributed by atoms with E-state index in [2.05, 4.69) is 13.8 Å². The molecule has 0 aliphatic rings. The van der Waals surface area contributed by atoms with Crippen molar-refractivity contribution in [2.45, 2.75) is 117 Å². The molecule has 0 heterocycles. The monoisotopic (exact) mass is 512 g/mol. The molecule has 2 aromatic rings. The third-order valence-electron chi connectivity index (χ3n) is 7.15. The Morgan fingerprint density at radius 3 is 1.62 bits per heavy atom. The molecule has 7 heteroatoms. The Labute approximate surface area is 221 Å². The summed E-state index contributed by atoms with van der Waals surface area (Å²) in [5, 5.41) is 33.9. The third kappa shape index (κ3) is 9.78. The molecule has 0 aliphatic heterocycles. The fourth-order valence-electron chi connectivity index (χ4n) is 5.03. The summed E-state index contributed by atoms with van der Waals surface area (Å²) in [5.41, 5.74) is 2.30. The van der Waals surface area contributed by atoms with Crippen molar-refractivity contribution in [3.8, 4) is 16.9 Å². The number of phenols is 1. The zero-order chi connectivity index (χ0) is 27.0. The molecule has 7 nitrogen and oxygen atoms in total. The first-order valence-electron chi connectivity index (χ1n) is 14.2. The first kappa shape index (κ1) is 30.3. The lowest BCUT2D eigenvalue weighted by atomic mass is 9.88. The Bertz CT molecular complexity index is 1010. The van der Waals surface area contributed by atoms with Crippen LogP contribution in [0.15, 0.2) is 30.3 Å². The molecule has 0 bridgehead atoms. The number of aromatic hydroxyl groups is 1. The van der Waals surface area contributed by atoms with E-state index in [1.807, 2.05) is 0 Å². The molecule has 0 amide bonds. The van der Waals surface area contributed by atoms with E-state index in [0.29, 0.717) is 11.1 Å². The van der Waals surface area contributed by atoms with Gasteiger partial charge in [-0.2, -0.15) is 0 Å². The van der Waals surface area contributed by atoms with Gasteiger partial charge in [-0.25, -0.2) is 0 Å². The third-order valence-corrected chi connectivity index (χ3v) is 7.15. The van der Waals surface area contributed by atoms with Crippen LogP contribution >= 0.6 is 0 Å². The van der Waals surface area contributed by atoms with E-state index in [9.17, 15) is 25.3 Å². The largest absolute Gasteiger partial charge is 0.508 e. The number of nitro benzene ring substituents is 2. The van der Waals surface area contributed by atoms with Crippen LogP contribution in [-0.4, -0.2) is 15.0 Å². The average Bonchev–Trinajstić information content (AvgIpc) is 2.88. The molecule has 0 spiro atoms. The molecule has 0 fully saturated rings. The SMILES string of the molecule is CCCCCCCCCc1c(O)ccc(-c2ccc([N+](=O)[O-])cc2[N+](=O)[O-])c1CCCCCCCCC. The number of rotatable bonds is 19. The molecular formula is C30H44N2O5. The van der Waals surface area contributed by atoms with Gasteiger partial charge >= 0.3 is 0 Å². The Morgan fingerprint density at radius 1 is 0.622 bits per heavy atom. The summed E-state index contributed by atoms with van der Waals surface area (Å²) in [6.07, 6.45) is 17.7. The van der Waals surface area contributed by atoms with Gasteiger partial charge in [-0.15, -0.1) is 0 Å². The summed E-state index contributed by atoms with van der Waals surface area (Å²) in [6, 6.07) is 7.19. The van der Waals surface area contributed by atoms with Crippen LogP contribution in [0.3, 0.4) is 0 Å². The van der Waals surface area contributed by atoms with E-state index in [0.717, 1.165) is 62.1 Å². The molecule has 0 saturated heterocycles. The lowest BCUT2D eigenvalue weighted by molar-refractivity contribution is -0.393. The molecule has 0 aliphatic carbocycles. The van der Waals surface area contributed by atoms with Crippen molar-refractivity contribution in [3.63, 3.8) is 0 Å². The first-order valence-corrected chi connectivity index (χ1v) is 14.2. The molecule has 0 saturated carbocycles. The van der Waals surface area contributed by atoms with Gasteiger partial charge in [0.2, 0.25) is 0 Å². The predicted octanol–water partition coefficient (Wildman–Crippen LogP) is 9.46. The van der Waals surface area contributed by atoms with Gasteiger partial charge in [-0.1, -0.05) is 97.0 Å². The highest BCUT2D eigenvalue weighted by atomic mass is 16.6. The van der Waals surface area contributed by atoms with Crippen molar-refractivity contribution in [1.82, 2.24) is 0 Å². The zero-order valence-electron chi connectivity index (χ0n) is 22.7. The second kappa shape index (κ2) is 16.7. The van der Waals surface area contributed by atoms with E-state index in [1.165, 1.54) is 69.9 Å². The van der Waals surface area contributed by atoms with Crippen LogP contribution in [0.2, 0.25) is 0 Å². The van der Waals surface area contributed by atoms with E-state index in [-0.39, 0.29) is 17.1 Å². The Hall–Kier alpha value is -2.96. The zero-order valence-corrected chi connectivity index (χ0v) is 22.7. The summed E-state index contributed by atoms with van der Waals surface area (Å²) >= 11 is 0. The van der Waals surface area contributed by atoms with E-state index < -0.39 is 9.85 Å². The summed E-state index contributed by atoms with van der Waals surface area (Å²) in [6.45, 7) is 4.41. The van der Waals surface area contributed by atoms with E-state index in [1.54, 1.807) is 12.1 Å². The van der Waals surface area contributed by atoms with Crippen LogP contribution in [0.5, 0.6) is 5.75 Å². The molecule has 2 rings (SSSR count). The smallest absolute Gasteiger partial charge is 0.284 e. The number of benzene rings is 2. The van der Waals surface area contributed by atoms with Gasteiger partial charge in [0, 0.05) is 6.07 Å². The molecule has 0 unspecified atom stereocenters. The summed E-state index contributed by atoms with van der Waals surface area (Å²) in [5.74, 6) is 0.234. The number of hydrogen-bond donors (Lipinski definition) is 1. The number of nitrogens with zero attached hydrogens (tertiary/aromatic N) is 2. The van der Waals surface area contributed by atoms with Gasteiger partial charge in [-0.05, 0) is 54.5 Å². The first-order chi connectivity index (χ1) is 17.9. The van der Waals surface area contributed by atoms with Crippen molar-refractivity contribution in [2.75, 3.05) is 0 Å². The Kier molecular flexibility index (Phi) is 13.7. The highest BCUT2D eigenvalue weighted by Gasteiger charge is 2.24. The molecule has 0 aromatic heterocycles. The molecule has 0 radical (unpaired) electrons. The molecule has 0 atom stereocenters. The Balaban J connectivity index is 2.31. The molecule has 37 heavy (non-hydrogen) atoms. The minimum Gasteiger partial charge on any atom is -0.508 e. The predicted molar refractivity (Wildman–Crippen MR) is 150 cm³/mol. The van der Waals surface area contributed by atoms with E-state index >= 15 is 0 Å². The van der Waals surface area contributed by atoms with Crippen LogP contribution in [0.4, 0.5) is 11.4 Å². The maximum Gasteiger partial charge on any atom is 0.284 e. The normalized spacial score (nSPS) is 11.1. The number of nitro groups is 2. The van der Waals surface area contributed by atoms with Gasteiger partial charge < -0.3 is 5.11 Å². The van der Waals surface area contributed by atoms with Gasteiger partial charge in [0.15, 0.2) is 0 Å². The van der Waals surface area contributed by atoms with Crippen molar-refractivity contribution >= 4 is 11.4 Å². The number of phenolic OH excluding ortho intramolecular Hbond substituents is 1. The minimum absolute atomic E-state index is 0.234. The second-order valence-electron chi connectivity index (χ2n) is 10.0. The quantitative estimate of drug-likeness (QED) is 0.115. The Morgan fingerprint density at radius 2 is 1.11 bits per heavy atom. The van der Waals surface area contributed by atoms with Crippen LogP contribution < -0.4 is 0 Å². The fraction of sp³-hybridized carbons (Fsp3) is 0.600. The maximum atomic E-state index is 11.9. The summed E-state index contributed by atoms with van der Waals surface area (Å²) in [4.78, 5) is 21.9. The van der Waals surface area contributed by atoms with Crippen molar-refractivity contribution in [3.05, 3.63) is 61.7 Å². The number of unbranched alkanes of at least 4 members (excludes halogenated alkanes) is 12. The lowest BCUT2D eigenvalue weighted by Gasteiger charge is -2.17. The van der Waals surface area contributed by atoms with Gasteiger partial charge in [0.25, 0.3) is 11.4 Å². The van der Waals surface area contributed by atoms with E-state index in [4.69, 9.17) is 0 Å². The van der Waals surface area contributed by atoms with Crippen molar-refractivity contribution in [2.24, 2.45) is 0 Å². The number of non-ortho nitro benzene ring substituents is 1. The summed E-state index contributed by atoms with van der Waals surface area (Å²) < 4.78 is 0. The average molecular weight is 513 g/mol. The highest BCUT2D eigenvalue weighted by molar-refractivity contribution is 5.79.